The number of rotatable bonds is 5. The molecule has 0 aliphatic heterocycles. The molecule has 0 saturated heterocycles. The van der Waals surface area contributed by atoms with Crippen molar-refractivity contribution >= 4 is 16.9 Å². The number of anilines is 1. The molecule has 4 N–H and O–H groups in total. The average molecular weight is 349 g/mol. The lowest BCUT2D eigenvalue weighted by Crippen LogP contribution is -2.04. The minimum absolute atomic E-state index is 0.543. The number of nitrogens with two attached hydrogens (primary N) is 1. The summed E-state index contributed by atoms with van der Waals surface area (Å²) in [4.78, 5) is 4.77. The maximum Gasteiger partial charge on any atom is 0.263 e. The molecule has 0 atom stereocenters. The van der Waals surface area contributed by atoms with Crippen molar-refractivity contribution in [1.82, 2.24) is 25.2 Å². The lowest BCUT2D eigenvalue weighted by atomic mass is 10.1. The highest BCUT2D eigenvalue weighted by molar-refractivity contribution is 5.83. The molecular weight excluding hydrogens is 326 g/mol. The standard InChI is InChI=1S/C10H12N2.C9H11N5/c11-6-5-8-7-12-10-4-2-1-3-9(8)10;1-10-9-11-13-14(12-9)7-8-5-3-2-4-6-8/h1-4,7,12H,5-6,11H2;2-6H,7H2,1H3,(H,10,12). The number of aromatic amines is 1. The van der Waals surface area contributed by atoms with E-state index in [0.29, 0.717) is 19.0 Å². The Morgan fingerprint density at radius 3 is 2.58 bits per heavy atom. The fraction of sp³-hybridized carbons (Fsp3) is 0.211. The van der Waals surface area contributed by atoms with Crippen LogP contribution in [0.3, 0.4) is 0 Å². The number of hydrogen-bond acceptors (Lipinski definition) is 5. The van der Waals surface area contributed by atoms with Gasteiger partial charge in [-0.05, 0) is 35.4 Å². The van der Waals surface area contributed by atoms with E-state index in [1.807, 2.05) is 42.6 Å². The lowest BCUT2D eigenvalue weighted by molar-refractivity contribution is 0.573. The second-order valence-electron chi connectivity index (χ2n) is 5.78. The topological polar surface area (TPSA) is 97.4 Å². The Bertz CT molecular complexity index is 927. The summed E-state index contributed by atoms with van der Waals surface area (Å²) in [5.41, 5.74) is 9.17. The summed E-state index contributed by atoms with van der Waals surface area (Å²) in [7, 11) is 1.77. The fourth-order valence-electron chi connectivity index (χ4n) is 2.65. The van der Waals surface area contributed by atoms with Crippen LogP contribution < -0.4 is 11.1 Å². The SMILES string of the molecule is CNc1nnn(Cc2ccccc2)n1.NCCc1c[nH]c2ccccc12. The van der Waals surface area contributed by atoms with Gasteiger partial charge in [0, 0.05) is 24.1 Å². The van der Waals surface area contributed by atoms with Crippen molar-refractivity contribution in [3.05, 3.63) is 71.9 Å². The van der Waals surface area contributed by atoms with Crippen molar-refractivity contribution in [2.24, 2.45) is 5.73 Å². The van der Waals surface area contributed by atoms with Gasteiger partial charge in [-0.25, -0.2) is 0 Å². The highest BCUT2D eigenvalue weighted by Crippen LogP contribution is 2.17. The van der Waals surface area contributed by atoms with Gasteiger partial charge in [-0.15, -0.1) is 5.10 Å². The third-order valence-electron chi connectivity index (χ3n) is 3.93. The predicted octanol–water partition coefficient (Wildman–Crippen LogP) is 2.43. The summed E-state index contributed by atoms with van der Waals surface area (Å²) in [5, 5.41) is 15.9. The van der Waals surface area contributed by atoms with E-state index in [2.05, 4.69) is 43.9 Å². The van der Waals surface area contributed by atoms with E-state index in [9.17, 15) is 0 Å². The van der Waals surface area contributed by atoms with Gasteiger partial charge in [0.25, 0.3) is 5.95 Å². The molecule has 134 valence electrons. The minimum atomic E-state index is 0.543. The summed E-state index contributed by atoms with van der Waals surface area (Å²) < 4.78 is 0. The predicted molar refractivity (Wildman–Crippen MR) is 104 cm³/mol. The van der Waals surface area contributed by atoms with E-state index in [4.69, 9.17) is 5.73 Å². The normalized spacial score (nSPS) is 10.4. The van der Waals surface area contributed by atoms with Gasteiger partial charge in [-0.3, -0.25) is 0 Å². The molecule has 0 aliphatic carbocycles. The van der Waals surface area contributed by atoms with E-state index in [0.717, 1.165) is 12.0 Å². The Kier molecular flexibility index (Phi) is 5.95. The van der Waals surface area contributed by atoms with Crippen molar-refractivity contribution in [1.29, 1.82) is 0 Å². The largest absolute Gasteiger partial charge is 0.361 e. The molecule has 0 radical (unpaired) electrons. The van der Waals surface area contributed by atoms with Gasteiger partial charge < -0.3 is 16.0 Å². The van der Waals surface area contributed by atoms with E-state index in [1.165, 1.54) is 16.5 Å². The number of tetrazole rings is 1. The average Bonchev–Trinajstić information content (AvgIpc) is 3.31. The van der Waals surface area contributed by atoms with Crippen LogP contribution in [0.25, 0.3) is 10.9 Å². The van der Waals surface area contributed by atoms with Gasteiger partial charge in [-0.2, -0.15) is 4.80 Å². The quantitative estimate of drug-likeness (QED) is 0.514. The molecular formula is C19H23N7. The minimum Gasteiger partial charge on any atom is -0.361 e. The molecule has 0 aliphatic rings. The number of hydrogen-bond donors (Lipinski definition) is 3. The van der Waals surface area contributed by atoms with Crippen molar-refractivity contribution in [2.75, 3.05) is 18.9 Å². The molecule has 4 aromatic rings. The summed E-state index contributed by atoms with van der Waals surface area (Å²) in [5.74, 6) is 0.543. The van der Waals surface area contributed by atoms with E-state index in [1.54, 1.807) is 11.8 Å². The van der Waals surface area contributed by atoms with Gasteiger partial charge in [-0.1, -0.05) is 53.6 Å². The summed E-state index contributed by atoms with van der Waals surface area (Å²) in [6.07, 6.45) is 2.99. The van der Waals surface area contributed by atoms with Crippen LogP contribution in [-0.4, -0.2) is 38.8 Å². The Morgan fingerprint density at radius 1 is 1.08 bits per heavy atom. The molecule has 2 heterocycles. The van der Waals surface area contributed by atoms with Crippen LogP contribution in [-0.2, 0) is 13.0 Å². The van der Waals surface area contributed by atoms with Crippen LogP contribution >= 0.6 is 0 Å². The molecule has 26 heavy (non-hydrogen) atoms. The molecule has 0 fully saturated rings. The van der Waals surface area contributed by atoms with Crippen LogP contribution in [0.4, 0.5) is 5.95 Å². The van der Waals surface area contributed by atoms with Crippen molar-refractivity contribution < 1.29 is 0 Å². The van der Waals surface area contributed by atoms with E-state index in [-0.39, 0.29) is 0 Å². The number of aromatic nitrogens is 5. The lowest BCUT2D eigenvalue weighted by Gasteiger charge is -1.97. The monoisotopic (exact) mass is 349 g/mol. The molecule has 7 heteroatoms. The third kappa shape index (κ3) is 4.46. The molecule has 2 aromatic carbocycles. The Hall–Kier alpha value is -3.19. The number of benzene rings is 2. The molecule has 0 spiro atoms. The van der Waals surface area contributed by atoms with Crippen LogP contribution in [0.2, 0.25) is 0 Å². The number of para-hydroxylation sites is 1. The third-order valence-corrected chi connectivity index (χ3v) is 3.93. The second-order valence-corrected chi connectivity index (χ2v) is 5.78. The first-order chi connectivity index (χ1) is 12.8. The Labute approximate surface area is 152 Å². The first kappa shape index (κ1) is 17.6. The molecule has 0 bridgehead atoms. The molecule has 4 rings (SSSR count). The zero-order valence-corrected chi connectivity index (χ0v) is 14.8. The Morgan fingerprint density at radius 2 is 1.85 bits per heavy atom. The summed E-state index contributed by atoms with van der Waals surface area (Å²) >= 11 is 0. The summed E-state index contributed by atoms with van der Waals surface area (Å²) in [6, 6.07) is 18.3. The van der Waals surface area contributed by atoms with Crippen molar-refractivity contribution in [2.45, 2.75) is 13.0 Å². The van der Waals surface area contributed by atoms with Crippen LogP contribution in [0.15, 0.2) is 60.8 Å². The van der Waals surface area contributed by atoms with Crippen LogP contribution in [0.5, 0.6) is 0 Å². The number of nitrogens with one attached hydrogen (secondary N) is 2. The van der Waals surface area contributed by atoms with E-state index >= 15 is 0 Å². The van der Waals surface area contributed by atoms with Crippen LogP contribution in [0.1, 0.15) is 11.1 Å². The van der Waals surface area contributed by atoms with Crippen molar-refractivity contribution in [3.8, 4) is 0 Å². The highest BCUT2D eigenvalue weighted by Gasteiger charge is 2.00. The number of nitrogens with zero attached hydrogens (tertiary/aromatic N) is 4. The fourth-order valence-corrected chi connectivity index (χ4v) is 2.65. The number of H-pyrrole nitrogens is 1. The highest BCUT2D eigenvalue weighted by atomic mass is 15.6. The first-order valence-corrected chi connectivity index (χ1v) is 8.54. The smallest absolute Gasteiger partial charge is 0.263 e. The number of fused-ring (bicyclic) bond motifs is 1. The molecule has 0 saturated carbocycles. The van der Waals surface area contributed by atoms with Gasteiger partial charge in [0.1, 0.15) is 0 Å². The summed E-state index contributed by atoms with van der Waals surface area (Å²) in [6.45, 7) is 1.36. The van der Waals surface area contributed by atoms with Gasteiger partial charge in [0.15, 0.2) is 0 Å². The molecule has 7 nitrogen and oxygen atoms in total. The zero-order valence-electron chi connectivity index (χ0n) is 14.8. The first-order valence-electron chi connectivity index (χ1n) is 8.54. The van der Waals surface area contributed by atoms with Crippen LogP contribution in [0, 0.1) is 0 Å². The second kappa shape index (κ2) is 8.77. The van der Waals surface area contributed by atoms with E-state index < -0.39 is 0 Å². The van der Waals surface area contributed by atoms with Gasteiger partial charge >= 0.3 is 0 Å². The maximum atomic E-state index is 5.50. The molecule has 0 unspecified atom stereocenters. The Balaban J connectivity index is 0.000000152. The zero-order chi connectivity index (χ0) is 18.2. The molecule has 2 aromatic heterocycles. The maximum absolute atomic E-state index is 5.50. The van der Waals surface area contributed by atoms with Gasteiger partial charge in [0.2, 0.25) is 0 Å². The van der Waals surface area contributed by atoms with Crippen molar-refractivity contribution in [3.63, 3.8) is 0 Å². The van der Waals surface area contributed by atoms with Gasteiger partial charge in [0.05, 0.1) is 6.54 Å². The molecule has 0 amide bonds.